The molecule has 5 nitrogen and oxygen atoms in total. The van der Waals surface area contributed by atoms with Gasteiger partial charge in [0, 0.05) is 32.7 Å². The summed E-state index contributed by atoms with van der Waals surface area (Å²) in [5.74, 6) is 0.155. The number of amides is 3. The molecule has 1 saturated heterocycles. The Hall–Kier alpha value is -2.04. The number of hydrogen-bond acceptors (Lipinski definition) is 2. The number of nitrogens with one attached hydrogen (secondary N) is 1. The number of hydrogen-bond donors (Lipinski definition) is 1. The SMILES string of the molecule is CCCNC(=O)N1CCCN(C(=O)Cc2cc(C)c(C)cc2C)CC1. The fraction of sp³-hybridized carbons (Fsp3) is 0.600. The van der Waals surface area contributed by atoms with E-state index in [1.54, 1.807) is 0 Å². The van der Waals surface area contributed by atoms with Gasteiger partial charge in [0.05, 0.1) is 6.42 Å². The van der Waals surface area contributed by atoms with Crippen molar-refractivity contribution in [2.75, 3.05) is 32.7 Å². The Morgan fingerprint density at radius 2 is 1.60 bits per heavy atom. The summed E-state index contributed by atoms with van der Waals surface area (Å²) in [5, 5.41) is 2.92. The Balaban J connectivity index is 1.95. The van der Waals surface area contributed by atoms with Gasteiger partial charge in [-0.3, -0.25) is 4.79 Å². The summed E-state index contributed by atoms with van der Waals surface area (Å²) < 4.78 is 0. The van der Waals surface area contributed by atoms with E-state index in [-0.39, 0.29) is 11.9 Å². The van der Waals surface area contributed by atoms with E-state index in [0.717, 1.165) is 24.9 Å². The normalized spacial score (nSPS) is 15.0. The molecule has 1 aromatic carbocycles. The van der Waals surface area contributed by atoms with Gasteiger partial charge in [0.15, 0.2) is 0 Å². The highest BCUT2D eigenvalue weighted by Gasteiger charge is 2.22. The lowest BCUT2D eigenvalue weighted by molar-refractivity contribution is -0.130. The van der Waals surface area contributed by atoms with Crippen LogP contribution < -0.4 is 5.32 Å². The van der Waals surface area contributed by atoms with Crippen LogP contribution in [0.2, 0.25) is 0 Å². The molecule has 1 heterocycles. The summed E-state index contributed by atoms with van der Waals surface area (Å²) in [4.78, 5) is 28.6. The van der Waals surface area contributed by atoms with Crippen LogP contribution in [0.3, 0.4) is 0 Å². The molecule has 0 aromatic heterocycles. The average Bonchev–Trinajstić information content (AvgIpc) is 2.83. The average molecular weight is 345 g/mol. The molecule has 0 atom stereocenters. The molecule has 25 heavy (non-hydrogen) atoms. The van der Waals surface area contributed by atoms with Gasteiger partial charge in [0.25, 0.3) is 0 Å². The Labute approximate surface area is 151 Å². The second-order valence-electron chi connectivity index (χ2n) is 6.99. The Morgan fingerprint density at radius 3 is 2.32 bits per heavy atom. The summed E-state index contributed by atoms with van der Waals surface area (Å²) in [6.07, 6.45) is 2.20. The molecule has 0 radical (unpaired) electrons. The Kier molecular flexibility index (Phi) is 6.85. The molecule has 1 aromatic rings. The standard InChI is InChI=1S/C20H31N3O2/c1-5-7-21-20(25)23-9-6-8-22(10-11-23)19(24)14-18-13-16(3)15(2)12-17(18)4/h12-13H,5-11,14H2,1-4H3,(H,21,25). The number of urea groups is 1. The molecule has 0 saturated carbocycles. The second-order valence-corrected chi connectivity index (χ2v) is 6.99. The fourth-order valence-electron chi connectivity index (χ4n) is 3.20. The maximum Gasteiger partial charge on any atom is 0.317 e. The van der Waals surface area contributed by atoms with Crippen molar-refractivity contribution in [3.63, 3.8) is 0 Å². The summed E-state index contributed by atoms with van der Waals surface area (Å²) in [7, 11) is 0. The maximum atomic E-state index is 12.7. The van der Waals surface area contributed by atoms with Gasteiger partial charge < -0.3 is 15.1 Å². The number of carbonyl (C=O) groups is 2. The van der Waals surface area contributed by atoms with Gasteiger partial charge in [-0.25, -0.2) is 4.79 Å². The van der Waals surface area contributed by atoms with E-state index < -0.39 is 0 Å². The second kappa shape index (κ2) is 8.88. The molecule has 5 heteroatoms. The molecule has 0 unspecified atom stereocenters. The van der Waals surface area contributed by atoms with Gasteiger partial charge >= 0.3 is 6.03 Å². The molecular weight excluding hydrogens is 314 g/mol. The van der Waals surface area contributed by atoms with Crippen molar-refractivity contribution in [3.05, 3.63) is 34.4 Å². The molecule has 3 amide bonds. The van der Waals surface area contributed by atoms with Crippen LogP contribution in [0, 0.1) is 20.8 Å². The van der Waals surface area contributed by atoms with Gasteiger partial charge in [-0.05, 0) is 55.9 Å². The molecular formula is C20H31N3O2. The summed E-state index contributed by atoms with van der Waals surface area (Å²) in [6, 6.07) is 4.27. The Morgan fingerprint density at radius 1 is 0.960 bits per heavy atom. The van der Waals surface area contributed by atoms with E-state index in [2.05, 4.69) is 38.2 Å². The predicted molar refractivity (Wildman–Crippen MR) is 101 cm³/mol. The zero-order valence-corrected chi connectivity index (χ0v) is 16.0. The zero-order valence-electron chi connectivity index (χ0n) is 16.0. The Bertz CT molecular complexity index is 628. The van der Waals surface area contributed by atoms with E-state index in [1.807, 2.05) is 16.7 Å². The van der Waals surface area contributed by atoms with Crippen LogP contribution in [-0.2, 0) is 11.2 Å². The first-order chi connectivity index (χ1) is 11.9. The molecule has 1 fully saturated rings. The highest BCUT2D eigenvalue weighted by molar-refractivity contribution is 5.79. The molecule has 1 aliphatic rings. The molecule has 2 rings (SSSR count). The van der Waals surface area contributed by atoms with E-state index in [0.29, 0.717) is 32.6 Å². The lowest BCUT2D eigenvalue weighted by Crippen LogP contribution is -2.43. The molecule has 138 valence electrons. The van der Waals surface area contributed by atoms with Crippen molar-refractivity contribution >= 4 is 11.9 Å². The minimum absolute atomic E-state index is 0.0128. The minimum Gasteiger partial charge on any atom is -0.341 e. The highest BCUT2D eigenvalue weighted by Crippen LogP contribution is 2.17. The highest BCUT2D eigenvalue weighted by atomic mass is 16.2. The van der Waals surface area contributed by atoms with Crippen molar-refractivity contribution in [1.29, 1.82) is 0 Å². The van der Waals surface area contributed by atoms with Crippen molar-refractivity contribution in [2.24, 2.45) is 0 Å². The number of carbonyl (C=O) groups excluding carboxylic acids is 2. The monoisotopic (exact) mass is 345 g/mol. The van der Waals surface area contributed by atoms with Gasteiger partial charge in [-0.2, -0.15) is 0 Å². The smallest absolute Gasteiger partial charge is 0.317 e. The zero-order chi connectivity index (χ0) is 18.4. The van der Waals surface area contributed by atoms with Gasteiger partial charge in [-0.15, -0.1) is 0 Å². The number of aryl methyl sites for hydroxylation is 3. The van der Waals surface area contributed by atoms with E-state index >= 15 is 0 Å². The van der Waals surface area contributed by atoms with Gasteiger partial charge in [0.2, 0.25) is 5.91 Å². The van der Waals surface area contributed by atoms with Crippen molar-refractivity contribution in [1.82, 2.24) is 15.1 Å². The summed E-state index contributed by atoms with van der Waals surface area (Å²) >= 11 is 0. The number of rotatable bonds is 4. The lowest BCUT2D eigenvalue weighted by atomic mass is 9.98. The van der Waals surface area contributed by atoms with Crippen molar-refractivity contribution in [3.8, 4) is 0 Å². The van der Waals surface area contributed by atoms with Crippen LogP contribution in [0.1, 0.15) is 42.0 Å². The molecule has 1 N–H and O–H groups in total. The van der Waals surface area contributed by atoms with Gasteiger partial charge in [-0.1, -0.05) is 19.1 Å². The first-order valence-corrected chi connectivity index (χ1v) is 9.29. The number of benzene rings is 1. The largest absolute Gasteiger partial charge is 0.341 e. The third-order valence-electron chi connectivity index (χ3n) is 4.96. The third kappa shape index (κ3) is 5.21. The first kappa shape index (κ1) is 19.3. The van der Waals surface area contributed by atoms with Crippen LogP contribution in [0.15, 0.2) is 12.1 Å². The van der Waals surface area contributed by atoms with Crippen LogP contribution in [0.5, 0.6) is 0 Å². The number of nitrogens with zero attached hydrogens (tertiary/aromatic N) is 2. The lowest BCUT2D eigenvalue weighted by Gasteiger charge is -2.23. The van der Waals surface area contributed by atoms with E-state index in [1.165, 1.54) is 16.7 Å². The predicted octanol–water partition coefficient (Wildman–Crippen LogP) is 2.81. The molecule has 0 bridgehead atoms. The van der Waals surface area contributed by atoms with Crippen molar-refractivity contribution in [2.45, 2.75) is 47.0 Å². The van der Waals surface area contributed by atoms with Crippen LogP contribution in [0.25, 0.3) is 0 Å². The third-order valence-corrected chi connectivity index (χ3v) is 4.96. The first-order valence-electron chi connectivity index (χ1n) is 9.29. The molecule has 0 aliphatic carbocycles. The van der Waals surface area contributed by atoms with E-state index in [4.69, 9.17) is 0 Å². The van der Waals surface area contributed by atoms with E-state index in [9.17, 15) is 9.59 Å². The van der Waals surface area contributed by atoms with Crippen LogP contribution in [0.4, 0.5) is 4.79 Å². The maximum absolute atomic E-state index is 12.7. The summed E-state index contributed by atoms with van der Waals surface area (Å²) in [5.41, 5.74) is 4.77. The summed E-state index contributed by atoms with van der Waals surface area (Å²) in [6.45, 7) is 11.6. The van der Waals surface area contributed by atoms with Crippen LogP contribution in [-0.4, -0.2) is 54.5 Å². The molecule has 1 aliphatic heterocycles. The van der Waals surface area contributed by atoms with Gasteiger partial charge in [0.1, 0.15) is 0 Å². The van der Waals surface area contributed by atoms with Crippen LogP contribution >= 0.6 is 0 Å². The molecule has 0 spiro atoms. The minimum atomic E-state index is -0.0128. The quantitative estimate of drug-likeness (QED) is 0.912. The fourth-order valence-corrected chi connectivity index (χ4v) is 3.20. The topological polar surface area (TPSA) is 52.7 Å². The van der Waals surface area contributed by atoms with Crippen molar-refractivity contribution < 1.29 is 9.59 Å².